The smallest absolute Gasteiger partial charge is 0.228 e. The van der Waals surface area contributed by atoms with Crippen molar-refractivity contribution < 1.29 is 9.53 Å². The predicted octanol–water partition coefficient (Wildman–Crippen LogP) is 1.72. The zero-order valence-corrected chi connectivity index (χ0v) is 12.5. The second-order valence-electron chi connectivity index (χ2n) is 5.35. The van der Waals surface area contributed by atoms with Gasteiger partial charge in [0, 0.05) is 5.56 Å². The number of aromatic nitrogens is 4. The summed E-state index contributed by atoms with van der Waals surface area (Å²) in [5, 5.41) is 17.0. The molecule has 0 radical (unpaired) electrons. The molecule has 0 fully saturated rings. The Morgan fingerprint density at radius 3 is 3.14 bits per heavy atom. The fourth-order valence-electron chi connectivity index (χ4n) is 2.76. The van der Waals surface area contributed by atoms with Crippen LogP contribution in [0.5, 0.6) is 5.75 Å². The van der Waals surface area contributed by atoms with E-state index in [-0.39, 0.29) is 17.9 Å². The molecule has 0 spiro atoms. The molecular formula is C15H19N5O2. The van der Waals surface area contributed by atoms with Crippen molar-refractivity contribution in [3.8, 4) is 5.75 Å². The number of para-hydroxylation sites is 1. The molecule has 1 aliphatic rings. The molecule has 2 aromatic rings. The first-order chi connectivity index (χ1) is 10.8. The van der Waals surface area contributed by atoms with Gasteiger partial charge in [0.1, 0.15) is 5.75 Å². The summed E-state index contributed by atoms with van der Waals surface area (Å²) in [5.74, 6) is 1.10. The maximum atomic E-state index is 12.7. The molecule has 1 aliphatic heterocycles. The maximum Gasteiger partial charge on any atom is 0.228 e. The van der Waals surface area contributed by atoms with Gasteiger partial charge in [0.15, 0.2) is 5.82 Å². The van der Waals surface area contributed by atoms with Crippen LogP contribution in [-0.2, 0) is 4.79 Å². The first-order valence-electron chi connectivity index (χ1n) is 7.55. The Morgan fingerprint density at radius 2 is 2.36 bits per heavy atom. The minimum absolute atomic E-state index is 0.0148. The Hall–Kier alpha value is -2.44. The van der Waals surface area contributed by atoms with Crippen LogP contribution in [0.25, 0.3) is 0 Å². The maximum absolute atomic E-state index is 12.7. The number of ether oxygens (including phenoxy) is 1. The van der Waals surface area contributed by atoms with Gasteiger partial charge < -0.3 is 10.1 Å². The van der Waals surface area contributed by atoms with E-state index in [9.17, 15) is 4.79 Å². The van der Waals surface area contributed by atoms with Gasteiger partial charge in [-0.05, 0) is 18.9 Å². The van der Waals surface area contributed by atoms with E-state index in [4.69, 9.17) is 4.74 Å². The Kier molecular flexibility index (Phi) is 4.32. The van der Waals surface area contributed by atoms with E-state index >= 15 is 0 Å². The van der Waals surface area contributed by atoms with Gasteiger partial charge in [-0.3, -0.25) is 4.79 Å². The van der Waals surface area contributed by atoms with Crippen molar-refractivity contribution in [3.63, 3.8) is 0 Å². The summed E-state index contributed by atoms with van der Waals surface area (Å²) >= 11 is 0. The third-order valence-electron chi connectivity index (χ3n) is 3.84. The van der Waals surface area contributed by atoms with E-state index in [1.165, 1.54) is 0 Å². The van der Waals surface area contributed by atoms with Crippen molar-refractivity contribution in [2.24, 2.45) is 0 Å². The first-order valence-corrected chi connectivity index (χ1v) is 7.55. The van der Waals surface area contributed by atoms with E-state index in [0.29, 0.717) is 18.9 Å². The summed E-state index contributed by atoms with van der Waals surface area (Å²) in [6, 6.07) is 7.47. The Labute approximate surface area is 128 Å². The van der Waals surface area contributed by atoms with Crippen molar-refractivity contribution in [3.05, 3.63) is 35.7 Å². The number of nitrogens with one attached hydrogen (secondary N) is 2. The highest BCUT2D eigenvalue weighted by Crippen LogP contribution is 2.33. The second-order valence-corrected chi connectivity index (χ2v) is 5.35. The van der Waals surface area contributed by atoms with Crippen molar-refractivity contribution in [1.29, 1.82) is 0 Å². The molecule has 7 nitrogen and oxygen atoms in total. The standard InChI is InChI=1S/C15H19N5O2/c1-2-5-12(14-17-19-20-18-14)16-15(21)11-8-9-22-13-7-4-3-6-10(11)13/h3-4,6-7,11-12H,2,5,8-9H2,1H3,(H,16,21)(H,17,18,19,20)/t11-,12-/m0/s1. The lowest BCUT2D eigenvalue weighted by atomic mass is 9.92. The quantitative estimate of drug-likeness (QED) is 0.877. The molecule has 7 heteroatoms. The third-order valence-corrected chi connectivity index (χ3v) is 3.84. The van der Waals surface area contributed by atoms with Crippen LogP contribution in [0.4, 0.5) is 0 Å². The van der Waals surface area contributed by atoms with E-state index in [1.54, 1.807) is 0 Å². The molecule has 0 saturated carbocycles. The molecule has 0 unspecified atom stereocenters. The SMILES string of the molecule is CCC[C@H](NC(=O)[C@H]1CCOc2ccccc21)c1nn[nH]n1. The van der Waals surface area contributed by atoms with Crippen molar-refractivity contribution in [2.45, 2.75) is 38.1 Å². The Morgan fingerprint density at radius 1 is 1.50 bits per heavy atom. The van der Waals surface area contributed by atoms with E-state index in [0.717, 1.165) is 24.2 Å². The summed E-state index contributed by atoms with van der Waals surface area (Å²) < 4.78 is 5.61. The van der Waals surface area contributed by atoms with E-state index < -0.39 is 0 Å². The molecule has 1 amide bonds. The van der Waals surface area contributed by atoms with Gasteiger partial charge in [-0.25, -0.2) is 0 Å². The monoisotopic (exact) mass is 301 g/mol. The number of fused-ring (bicyclic) bond motifs is 1. The zero-order valence-electron chi connectivity index (χ0n) is 12.5. The number of H-pyrrole nitrogens is 1. The van der Waals surface area contributed by atoms with Gasteiger partial charge in [0.2, 0.25) is 5.91 Å². The van der Waals surface area contributed by atoms with E-state index in [1.807, 2.05) is 24.3 Å². The molecule has 2 heterocycles. The molecular weight excluding hydrogens is 282 g/mol. The topological polar surface area (TPSA) is 92.8 Å². The molecule has 22 heavy (non-hydrogen) atoms. The number of aromatic amines is 1. The number of hydrogen-bond acceptors (Lipinski definition) is 5. The lowest BCUT2D eigenvalue weighted by Crippen LogP contribution is -2.35. The minimum atomic E-state index is -0.216. The lowest BCUT2D eigenvalue weighted by Gasteiger charge is -2.26. The molecule has 0 saturated heterocycles. The molecule has 2 N–H and O–H groups in total. The lowest BCUT2D eigenvalue weighted by molar-refractivity contribution is -0.124. The van der Waals surface area contributed by atoms with Crippen LogP contribution >= 0.6 is 0 Å². The second kappa shape index (κ2) is 6.55. The summed E-state index contributed by atoms with van der Waals surface area (Å²) in [4.78, 5) is 12.7. The zero-order chi connectivity index (χ0) is 15.4. The Bertz CT molecular complexity index is 629. The normalized spacial score (nSPS) is 18.1. The summed E-state index contributed by atoms with van der Waals surface area (Å²) in [6.07, 6.45) is 2.37. The predicted molar refractivity (Wildman–Crippen MR) is 79.3 cm³/mol. The van der Waals surface area contributed by atoms with Crippen LogP contribution in [0.15, 0.2) is 24.3 Å². The van der Waals surface area contributed by atoms with Gasteiger partial charge in [0.05, 0.1) is 18.6 Å². The van der Waals surface area contributed by atoms with Gasteiger partial charge in [0.25, 0.3) is 0 Å². The van der Waals surface area contributed by atoms with Crippen LogP contribution in [0.1, 0.15) is 49.5 Å². The van der Waals surface area contributed by atoms with Crippen LogP contribution in [0.2, 0.25) is 0 Å². The van der Waals surface area contributed by atoms with Crippen molar-refractivity contribution in [2.75, 3.05) is 6.61 Å². The van der Waals surface area contributed by atoms with Crippen molar-refractivity contribution in [1.82, 2.24) is 25.9 Å². The average molecular weight is 301 g/mol. The number of nitrogens with zero attached hydrogens (tertiary/aromatic N) is 3. The fraction of sp³-hybridized carbons (Fsp3) is 0.467. The molecule has 116 valence electrons. The highest BCUT2D eigenvalue weighted by Gasteiger charge is 2.29. The number of benzene rings is 1. The summed E-state index contributed by atoms with van der Waals surface area (Å²) in [7, 11) is 0. The molecule has 0 aliphatic carbocycles. The number of carbonyl (C=O) groups is 1. The highest BCUT2D eigenvalue weighted by atomic mass is 16.5. The summed E-state index contributed by atoms with van der Waals surface area (Å²) in [5.41, 5.74) is 0.939. The van der Waals surface area contributed by atoms with E-state index in [2.05, 4.69) is 32.9 Å². The van der Waals surface area contributed by atoms with Crippen LogP contribution < -0.4 is 10.1 Å². The molecule has 0 bridgehead atoms. The van der Waals surface area contributed by atoms with Crippen LogP contribution in [0, 0.1) is 0 Å². The van der Waals surface area contributed by atoms with Gasteiger partial charge in [-0.2, -0.15) is 5.21 Å². The van der Waals surface area contributed by atoms with Crippen LogP contribution in [0.3, 0.4) is 0 Å². The summed E-state index contributed by atoms with van der Waals surface area (Å²) in [6.45, 7) is 2.61. The minimum Gasteiger partial charge on any atom is -0.493 e. The Balaban J connectivity index is 1.77. The number of rotatable bonds is 5. The molecule has 2 atom stereocenters. The largest absolute Gasteiger partial charge is 0.493 e. The van der Waals surface area contributed by atoms with Gasteiger partial charge in [-0.1, -0.05) is 36.8 Å². The third kappa shape index (κ3) is 2.93. The molecule has 1 aromatic carbocycles. The molecule has 3 rings (SSSR count). The number of hydrogen-bond donors (Lipinski definition) is 2. The highest BCUT2D eigenvalue weighted by molar-refractivity contribution is 5.85. The number of tetrazole rings is 1. The average Bonchev–Trinajstić information content (AvgIpc) is 3.08. The van der Waals surface area contributed by atoms with Gasteiger partial charge in [-0.15, -0.1) is 10.2 Å². The molecule has 1 aromatic heterocycles. The first kappa shape index (κ1) is 14.5. The number of carbonyl (C=O) groups excluding carboxylic acids is 1. The number of amides is 1. The van der Waals surface area contributed by atoms with Gasteiger partial charge >= 0.3 is 0 Å². The fourth-order valence-corrected chi connectivity index (χ4v) is 2.76. The van der Waals surface area contributed by atoms with Crippen LogP contribution in [-0.4, -0.2) is 33.1 Å². The van der Waals surface area contributed by atoms with Crippen molar-refractivity contribution >= 4 is 5.91 Å².